The Balaban J connectivity index is 1.39. The highest BCUT2D eigenvalue weighted by molar-refractivity contribution is 8.00. The van der Waals surface area contributed by atoms with Crippen molar-refractivity contribution in [1.29, 1.82) is 0 Å². The molecule has 1 heterocycles. The van der Waals surface area contributed by atoms with Crippen LogP contribution in [0.4, 0.5) is 11.4 Å². The van der Waals surface area contributed by atoms with E-state index in [0.717, 1.165) is 10.5 Å². The number of thiophene rings is 1. The second kappa shape index (κ2) is 13.5. The third kappa shape index (κ3) is 7.83. The summed E-state index contributed by atoms with van der Waals surface area (Å²) in [4.78, 5) is 39.4. The van der Waals surface area contributed by atoms with Crippen LogP contribution in [0.25, 0.3) is 6.08 Å². The number of nitrogens with one attached hydrogen (secondary N) is 3. The third-order valence-corrected chi connectivity index (χ3v) is 7.36. The quantitative estimate of drug-likeness (QED) is 0.157. The van der Waals surface area contributed by atoms with Gasteiger partial charge in [0.05, 0.1) is 18.0 Å². The number of hydrogen-bond acceptors (Lipinski definition) is 6. The Labute approximate surface area is 235 Å². The summed E-state index contributed by atoms with van der Waals surface area (Å²) in [5, 5.41) is 11.9. The first-order valence-electron chi connectivity index (χ1n) is 12.0. The van der Waals surface area contributed by atoms with Crippen LogP contribution < -0.4 is 20.7 Å². The zero-order valence-electron chi connectivity index (χ0n) is 21.3. The summed E-state index contributed by atoms with van der Waals surface area (Å²) in [6.45, 7) is 1.82. The van der Waals surface area contributed by atoms with E-state index in [9.17, 15) is 14.4 Å². The lowest BCUT2D eigenvalue weighted by Gasteiger charge is -2.14. The minimum absolute atomic E-state index is 0.127. The van der Waals surface area contributed by atoms with Gasteiger partial charge in [-0.15, -0.1) is 11.8 Å². The summed E-state index contributed by atoms with van der Waals surface area (Å²) in [6, 6.07) is 25.0. The van der Waals surface area contributed by atoms with Crippen LogP contribution in [-0.4, -0.2) is 30.1 Å². The predicted octanol–water partition coefficient (Wildman–Crippen LogP) is 6.29. The molecule has 0 aliphatic carbocycles. The largest absolute Gasteiger partial charge is 0.495 e. The standard InChI is InChI=1S/C30H27N3O4S2/c1-20(28(34)32-25-10-6-7-11-27(25)37-2)39-24-14-12-23(13-15-24)31-30(36)26(18-21-16-17-38-19-21)33-29(35)22-8-4-3-5-9-22/h3-20H,1-2H3,(H,31,36)(H,32,34)(H,33,35)/b26-18-. The molecule has 0 saturated carbocycles. The lowest BCUT2D eigenvalue weighted by atomic mass is 10.2. The molecule has 39 heavy (non-hydrogen) atoms. The normalized spacial score (nSPS) is 11.8. The number of para-hydroxylation sites is 2. The summed E-state index contributed by atoms with van der Waals surface area (Å²) in [7, 11) is 1.56. The Kier molecular flexibility index (Phi) is 9.55. The molecule has 0 radical (unpaired) electrons. The Morgan fingerprint density at radius 1 is 0.897 bits per heavy atom. The maximum atomic E-state index is 13.1. The molecule has 1 atom stereocenters. The van der Waals surface area contributed by atoms with Crippen LogP contribution in [0.1, 0.15) is 22.8 Å². The van der Waals surface area contributed by atoms with Gasteiger partial charge in [-0.2, -0.15) is 11.3 Å². The minimum atomic E-state index is -0.449. The van der Waals surface area contributed by atoms with E-state index in [1.807, 2.05) is 54.1 Å². The number of methoxy groups -OCH3 is 1. The number of ether oxygens (including phenoxy) is 1. The second-order valence-electron chi connectivity index (χ2n) is 8.36. The fourth-order valence-corrected chi connectivity index (χ4v) is 5.01. The number of thioether (sulfide) groups is 1. The molecule has 0 aliphatic rings. The molecule has 0 saturated heterocycles. The SMILES string of the molecule is COc1ccccc1NC(=O)C(C)Sc1ccc(NC(=O)/C(=C/c2ccsc2)NC(=O)c2ccccc2)cc1. The number of carbonyl (C=O) groups excluding carboxylic acids is 3. The van der Waals surface area contributed by atoms with Crippen LogP contribution in [0, 0.1) is 0 Å². The van der Waals surface area contributed by atoms with E-state index in [1.54, 1.807) is 61.7 Å². The van der Waals surface area contributed by atoms with E-state index >= 15 is 0 Å². The van der Waals surface area contributed by atoms with Gasteiger partial charge in [0.15, 0.2) is 0 Å². The molecule has 3 N–H and O–H groups in total. The number of rotatable bonds is 10. The van der Waals surface area contributed by atoms with Crippen molar-refractivity contribution in [2.45, 2.75) is 17.1 Å². The monoisotopic (exact) mass is 557 g/mol. The average Bonchev–Trinajstić information content (AvgIpc) is 3.47. The molecular weight excluding hydrogens is 530 g/mol. The van der Waals surface area contributed by atoms with Crippen LogP contribution in [0.3, 0.4) is 0 Å². The minimum Gasteiger partial charge on any atom is -0.495 e. The van der Waals surface area contributed by atoms with Crippen molar-refractivity contribution in [2.24, 2.45) is 0 Å². The second-order valence-corrected chi connectivity index (χ2v) is 10.6. The summed E-state index contributed by atoms with van der Waals surface area (Å²) >= 11 is 2.89. The number of benzene rings is 3. The molecule has 9 heteroatoms. The van der Waals surface area contributed by atoms with Gasteiger partial charge in [0, 0.05) is 16.1 Å². The van der Waals surface area contributed by atoms with Gasteiger partial charge >= 0.3 is 0 Å². The van der Waals surface area contributed by atoms with E-state index in [1.165, 1.54) is 23.1 Å². The third-order valence-electron chi connectivity index (χ3n) is 5.54. The fraction of sp³-hybridized carbons (Fsp3) is 0.100. The van der Waals surface area contributed by atoms with Crippen molar-refractivity contribution >= 4 is 58.3 Å². The van der Waals surface area contributed by atoms with E-state index in [0.29, 0.717) is 22.7 Å². The summed E-state index contributed by atoms with van der Waals surface area (Å²) < 4.78 is 5.30. The molecule has 0 spiro atoms. The fourth-order valence-electron chi connectivity index (χ4n) is 3.52. The van der Waals surface area contributed by atoms with Gasteiger partial charge < -0.3 is 20.7 Å². The lowest BCUT2D eigenvalue weighted by molar-refractivity contribution is -0.115. The van der Waals surface area contributed by atoms with Crippen LogP contribution >= 0.6 is 23.1 Å². The van der Waals surface area contributed by atoms with Gasteiger partial charge in [0.2, 0.25) is 5.91 Å². The molecule has 0 bridgehead atoms. The van der Waals surface area contributed by atoms with Crippen LogP contribution in [0.5, 0.6) is 5.75 Å². The van der Waals surface area contributed by atoms with Crippen LogP contribution in [0.2, 0.25) is 0 Å². The Bertz CT molecular complexity index is 1450. The molecule has 1 aromatic heterocycles. The molecule has 0 fully saturated rings. The van der Waals surface area contributed by atoms with Crippen molar-refractivity contribution in [1.82, 2.24) is 5.32 Å². The molecular formula is C30H27N3O4S2. The van der Waals surface area contributed by atoms with Crippen molar-refractivity contribution in [3.63, 3.8) is 0 Å². The van der Waals surface area contributed by atoms with Crippen molar-refractivity contribution < 1.29 is 19.1 Å². The Hall–Kier alpha value is -4.34. The van der Waals surface area contributed by atoms with Gasteiger partial charge in [0.25, 0.3) is 11.8 Å². The van der Waals surface area contributed by atoms with Gasteiger partial charge in [0.1, 0.15) is 11.4 Å². The number of amides is 3. The van der Waals surface area contributed by atoms with Crippen molar-refractivity contribution in [2.75, 3.05) is 17.7 Å². The first-order valence-corrected chi connectivity index (χ1v) is 13.9. The summed E-state index contributed by atoms with van der Waals surface area (Å²) in [5.74, 6) is -0.385. The van der Waals surface area contributed by atoms with Crippen LogP contribution in [0.15, 0.2) is 106 Å². The van der Waals surface area contributed by atoms with E-state index < -0.39 is 5.91 Å². The van der Waals surface area contributed by atoms with Gasteiger partial charge in [-0.3, -0.25) is 14.4 Å². The van der Waals surface area contributed by atoms with Gasteiger partial charge in [-0.25, -0.2) is 0 Å². The van der Waals surface area contributed by atoms with E-state index in [4.69, 9.17) is 4.74 Å². The van der Waals surface area contributed by atoms with Gasteiger partial charge in [-0.05, 0) is 83.9 Å². The van der Waals surface area contributed by atoms with E-state index in [-0.39, 0.29) is 22.8 Å². The van der Waals surface area contributed by atoms with E-state index in [2.05, 4.69) is 16.0 Å². The molecule has 4 aromatic rings. The molecule has 4 rings (SSSR count). The zero-order valence-corrected chi connectivity index (χ0v) is 23.0. The summed E-state index contributed by atoms with van der Waals surface area (Å²) in [6.07, 6.45) is 1.64. The summed E-state index contributed by atoms with van der Waals surface area (Å²) in [5.41, 5.74) is 2.56. The number of hydrogen-bond donors (Lipinski definition) is 3. The highest BCUT2D eigenvalue weighted by Gasteiger charge is 2.18. The maximum absolute atomic E-state index is 13.1. The molecule has 7 nitrogen and oxygen atoms in total. The zero-order chi connectivity index (χ0) is 27.6. The molecule has 198 valence electrons. The number of carbonyl (C=O) groups is 3. The average molecular weight is 558 g/mol. The molecule has 3 aromatic carbocycles. The molecule has 1 unspecified atom stereocenters. The van der Waals surface area contributed by atoms with Crippen LogP contribution in [-0.2, 0) is 9.59 Å². The first kappa shape index (κ1) is 27.7. The lowest BCUT2D eigenvalue weighted by Crippen LogP contribution is -2.30. The predicted molar refractivity (Wildman–Crippen MR) is 158 cm³/mol. The highest BCUT2D eigenvalue weighted by Crippen LogP contribution is 2.28. The Morgan fingerprint density at radius 2 is 1.62 bits per heavy atom. The number of anilines is 2. The molecule has 0 aliphatic heterocycles. The maximum Gasteiger partial charge on any atom is 0.272 e. The topological polar surface area (TPSA) is 96.5 Å². The van der Waals surface area contributed by atoms with Gasteiger partial charge in [-0.1, -0.05) is 30.3 Å². The Morgan fingerprint density at radius 3 is 2.31 bits per heavy atom. The van der Waals surface area contributed by atoms with Crippen molar-refractivity contribution in [3.8, 4) is 5.75 Å². The first-order chi connectivity index (χ1) is 18.9. The molecule has 3 amide bonds. The van der Waals surface area contributed by atoms with Crippen molar-refractivity contribution in [3.05, 3.63) is 113 Å². The highest BCUT2D eigenvalue weighted by atomic mass is 32.2. The smallest absolute Gasteiger partial charge is 0.272 e.